The highest BCUT2D eigenvalue weighted by Gasteiger charge is 2.27. The summed E-state index contributed by atoms with van der Waals surface area (Å²) in [7, 11) is 0. The molecule has 4 heterocycles. The summed E-state index contributed by atoms with van der Waals surface area (Å²) in [5.41, 5.74) is 3.13. The molecule has 0 bridgehead atoms. The van der Waals surface area contributed by atoms with Crippen molar-refractivity contribution in [1.29, 1.82) is 0 Å². The molecule has 0 amide bonds. The normalized spacial score (nSPS) is 17.8. The lowest BCUT2D eigenvalue weighted by Gasteiger charge is -2.21. The van der Waals surface area contributed by atoms with Gasteiger partial charge in [0, 0.05) is 24.7 Å². The summed E-state index contributed by atoms with van der Waals surface area (Å²) in [4.78, 5) is 15.6. The van der Waals surface area contributed by atoms with Crippen molar-refractivity contribution in [3.05, 3.63) is 42.6 Å². The molecular weight excluding hydrogens is 268 g/mol. The average Bonchev–Trinajstić information content (AvgIpc) is 3.12. The average molecular weight is 282 g/mol. The number of aromatic nitrogens is 4. The standard InChI is InChI=1S/C15H14N4O2/c20-15(21)10-4-7-18-13(9-16-14(18)8-10)11-2-1-6-19-12(11)3-5-17-19/h1-3,5-6,9-10H,4,7-8H2,(H,20,21). The van der Waals surface area contributed by atoms with Crippen molar-refractivity contribution in [3.63, 3.8) is 0 Å². The summed E-state index contributed by atoms with van der Waals surface area (Å²) >= 11 is 0. The van der Waals surface area contributed by atoms with E-state index in [1.54, 1.807) is 6.20 Å². The monoisotopic (exact) mass is 282 g/mol. The zero-order valence-electron chi connectivity index (χ0n) is 11.3. The number of rotatable bonds is 2. The van der Waals surface area contributed by atoms with Crippen LogP contribution in [0.2, 0.25) is 0 Å². The van der Waals surface area contributed by atoms with E-state index in [1.807, 2.05) is 35.1 Å². The van der Waals surface area contributed by atoms with Crippen LogP contribution >= 0.6 is 0 Å². The Bertz CT molecular complexity index is 833. The molecule has 0 aliphatic carbocycles. The van der Waals surface area contributed by atoms with E-state index in [4.69, 9.17) is 5.11 Å². The number of imidazole rings is 1. The lowest BCUT2D eigenvalue weighted by atomic mass is 9.98. The number of hydrogen-bond donors (Lipinski definition) is 1. The molecule has 0 fully saturated rings. The number of carboxylic acid groups (broad SMARTS) is 1. The van der Waals surface area contributed by atoms with Crippen LogP contribution in [0, 0.1) is 5.92 Å². The Morgan fingerprint density at radius 1 is 1.38 bits per heavy atom. The first-order valence-electron chi connectivity index (χ1n) is 6.94. The molecule has 21 heavy (non-hydrogen) atoms. The molecule has 1 aliphatic rings. The fourth-order valence-corrected chi connectivity index (χ4v) is 3.03. The number of pyridine rings is 1. The summed E-state index contributed by atoms with van der Waals surface area (Å²) in [5, 5.41) is 13.4. The van der Waals surface area contributed by atoms with Gasteiger partial charge in [-0.25, -0.2) is 9.50 Å². The minimum Gasteiger partial charge on any atom is -0.481 e. The summed E-state index contributed by atoms with van der Waals surface area (Å²) in [6, 6.07) is 5.97. The molecule has 1 atom stereocenters. The van der Waals surface area contributed by atoms with Crippen molar-refractivity contribution >= 4 is 11.5 Å². The molecule has 0 saturated heterocycles. The van der Waals surface area contributed by atoms with Gasteiger partial charge >= 0.3 is 5.97 Å². The molecule has 1 aliphatic heterocycles. The zero-order valence-corrected chi connectivity index (χ0v) is 11.3. The van der Waals surface area contributed by atoms with E-state index >= 15 is 0 Å². The first-order chi connectivity index (χ1) is 10.2. The van der Waals surface area contributed by atoms with Crippen molar-refractivity contribution in [2.24, 2.45) is 5.92 Å². The van der Waals surface area contributed by atoms with Crippen molar-refractivity contribution in [3.8, 4) is 11.3 Å². The molecule has 3 aromatic rings. The van der Waals surface area contributed by atoms with Gasteiger partial charge in [-0.15, -0.1) is 0 Å². The predicted octanol–water partition coefficient (Wildman–Crippen LogP) is 1.84. The number of hydrogen-bond acceptors (Lipinski definition) is 3. The Morgan fingerprint density at radius 2 is 2.29 bits per heavy atom. The summed E-state index contributed by atoms with van der Waals surface area (Å²) in [5.74, 6) is -0.202. The maximum Gasteiger partial charge on any atom is 0.307 e. The van der Waals surface area contributed by atoms with Crippen LogP contribution < -0.4 is 0 Å². The Hall–Kier alpha value is -2.63. The van der Waals surface area contributed by atoms with Crippen LogP contribution in [0.3, 0.4) is 0 Å². The Morgan fingerprint density at radius 3 is 3.14 bits per heavy atom. The third-order valence-electron chi connectivity index (χ3n) is 4.13. The molecule has 6 nitrogen and oxygen atoms in total. The highest BCUT2D eigenvalue weighted by atomic mass is 16.4. The van der Waals surface area contributed by atoms with Gasteiger partial charge < -0.3 is 9.67 Å². The summed E-state index contributed by atoms with van der Waals surface area (Å²) < 4.78 is 3.96. The van der Waals surface area contributed by atoms with Crippen molar-refractivity contribution in [1.82, 2.24) is 19.2 Å². The molecule has 0 saturated carbocycles. The lowest BCUT2D eigenvalue weighted by Crippen LogP contribution is -2.26. The SMILES string of the molecule is O=C(O)C1CCn2c(-c3cccn4nccc34)cnc2C1. The number of fused-ring (bicyclic) bond motifs is 2. The van der Waals surface area contributed by atoms with Crippen LogP contribution in [0.1, 0.15) is 12.2 Å². The molecule has 0 radical (unpaired) electrons. The van der Waals surface area contributed by atoms with Gasteiger partial charge in [0.05, 0.1) is 29.5 Å². The maximum atomic E-state index is 11.1. The lowest BCUT2D eigenvalue weighted by molar-refractivity contribution is -0.142. The molecule has 0 aromatic carbocycles. The molecule has 4 rings (SSSR count). The van der Waals surface area contributed by atoms with E-state index < -0.39 is 5.97 Å². The van der Waals surface area contributed by atoms with E-state index in [0.29, 0.717) is 19.4 Å². The third-order valence-corrected chi connectivity index (χ3v) is 4.13. The van der Waals surface area contributed by atoms with Gasteiger partial charge in [0.25, 0.3) is 0 Å². The number of carbonyl (C=O) groups is 1. The topological polar surface area (TPSA) is 72.4 Å². The molecule has 1 unspecified atom stereocenters. The van der Waals surface area contributed by atoms with Crippen molar-refractivity contribution < 1.29 is 9.90 Å². The smallest absolute Gasteiger partial charge is 0.307 e. The number of nitrogens with zero attached hydrogens (tertiary/aromatic N) is 4. The highest BCUT2D eigenvalue weighted by Crippen LogP contribution is 2.29. The van der Waals surface area contributed by atoms with Crippen LogP contribution in [-0.4, -0.2) is 30.2 Å². The second-order valence-corrected chi connectivity index (χ2v) is 5.32. The maximum absolute atomic E-state index is 11.1. The van der Waals surface area contributed by atoms with Gasteiger partial charge in [-0.2, -0.15) is 5.10 Å². The van der Waals surface area contributed by atoms with E-state index in [2.05, 4.69) is 14.6 Å². The molecular formula is C15H14N4O2. The van der Waals surface area contributed by atoms with Crippen LogP contribution in [0.15, 0.2) is 36.8 Å². The Kier molecular flexibility index (Phi) is 2.57. The van der Waals surface area contributed by atoms with E-state index in [1.165, 1.54) is 0 Å². The van der Waals surface area contributed by atoms with Crippen LogP contribution in [0.5, 0.6) is 0 Å². The largest absolute Gasteiger partial charge is 0.481 e. The minimum atomic E-state index is -0.733. The van der Waals surface area contributed by atoms with Crippen LogP contribution in [0.4, 0.5) is 0 Å². The van der Waals surface area contributed by atoms with Crippen molar-refractivity contribution in [2.75, 3.05) is 0 Å². The van der Waals surface area contributed by atoms with Gasteiger partial charge in [0.1, 0.15) is 5.82 Å². The number of carboxylic acids is 1. The van der Waals surface area contributed by atoms with E-state index in [-0.39, 0.29) is 5.92 Å². The second-order valence-electron chi connectivity index (χ2n) is 5.32. The third kappa shape index (κ3) is 1.83. The second kappa shape index (κ2) is 4.44. The fraction of sp³-hybridized carbons (Fsp3) is 0.267. The molecule has 3 aromatic heterocycles. The van der Waals surface area contributed by atoms with Crippen LogP contribution in [-0.2, 0) is 17.8 Å². The number of aliphatic carboxylic acids is 1. The highest BCUT2D eigenvalue weighted by molar-refractivity contribution is 5.78. The quantitative estimate of drug-likeness (QED) is 0.778. The zero-order chi connectivity index (χ0) is 14.4. The van der Waals surface area contributed by atoms with Crippen molar-refractivity contribution in [2.45, 2.75) is 19.4 Å². The first-order valence-corrected chi connectivity index (χ1v) is 6.94. The Balaban J connectivity index is 1.82. The minimum absolute atomic E-state index is 0.321. The van der Waals surface area contributed by atoms with Gasteiger partial charge in [0.2, 0.25) is 0 Å². The molecule has 6 heteroatoms. The summed E-state index contributed by atoms with van der Waals surface area (Å²) in [6.45, 7) is 0.691. The van der Waals surface area contributed by atoms with E-state index in [9.17, 15) is 4.79 Å². The molecule has 0 spiro atoms. The molecule has 106 valence electrons. The molecule has 1 N–H and O–H groups in total. The predicted molar refractivity (Wildman–Crippen MR) is 75.9 cm³/mol. The fourth-order valence-electron chi connectivity index (χ4n) is 3.03. The Labute approximate surface area is 120 Å². The van der Waals surface area contributed by atoms with Gasteiger partial charge in [-0.3, -0.25) is 4.79 Å². The van der Waals surface area contributed by atoms with Crippen LogP contribution in [0.25, 0.3) is 16.8 Å². The van der Waals surface area contributed by atoms with Gasteiger partial charge in [0.15, 0.2) is 0 Å². The van der Waals surface area contributed by atoms with Gasteiger partial charge in [-0.1, -0.05) is 0 Å². The summed E-state index contributed by atoms with van der Waals surface area (Å²) in [6.07, 6.45) is 6.66. The van der Waals surface area contributed by atoms with Gasteiger partial charge in [-0.05, 0) is 24.6 Å². The first kappa shape index (κ1) is 12.1. The van der Waals surface area contributed by atoms with E-state index in [0.717, 1.165) is 22.6 Å².